The van der Waals surface area contributed by atoms with Gasteiger partial charge in [0, 0.05) is 38.4 Å². The number of anilines is 1. The van der Waals surface area contributed by atoms with Crippen molar-refractivity contribution in [2.75, 3.05) is 38.7 Å². The molecule has 0 aromatic heterocycles. The summed E-state index contributed by atoms with van der Waals surface area (Å²) in [6.07, 6.45) is 3.06. The summed E-state index contributed by atoms with van der Waals surface area (Å²) < 4.78 is 17.2. The molecule has 0 aliphatic carbocycles. The maximum atomic E-state index is 12.7. The molecule has 150 valence electrons. The number of likely N-dealkylation sites (N-methyl/N-ethyl adjacent to an activating group) is 1. The van der Waals surface area contributed by atoms with E-state index in [0.29, 0.717) is 5.56 Å². The Morgan fingerprint density at radius 2 is 1.96 bits per heavy atom. The summed E-state index contributed by atoms with van der Waals surface area (Å²) in [7, 11) is 2.10. The molecule has 0 bridgehead atoms. The predicted molar refractivity (Wildman–Crippen MR) is 106 cm³/mol. The van der Waals surface area contributed by atoms with Crippen LogP contribution in [0.3, 0.4) is 0 Å². The number of hydrogen-bond donors (Lipinski definition) is 1. The van der Waals surface area contributed by atoms with Gasteiger partial charge in [-0.25, -0.2) is 4.79 Å². The molecule has 1 atom stereocenters. The van der Waals surface area contributed by atoms with E-state index in [9.17, 15) is 4.79 Å². The van der Waals surface area contributed by atoms with Crippen molar-refractivity contribution in [1.29, 1.82) is 0 Å². The van der Waals surface area contributed by atoms with E-state index in [-0.39, 0.29) is 18.1 Å². The van der Waals surface area contributed by atoms with Crippen LogP contribution in [-0.4, -0.2) is 62.0 Å². The van der Waals surface area contributed by atoms with Crippen LogP contribution in [0.25, 0.3) is 0 Å². The molecule has 1 N–H and O–H groups in total. The molecule has 2 aliphatic heterocycles. The minimum Gasteiger partial charge on any atom is -0.489 e. The summed E-state index contributed by atoms with van der Waals surface area (Å²) in [5, 5.41) is 3.52. The van der Waals surface area contributed by atoms with Gasteiger partial charge in [0.15, 0.2) is 0 Å². The zero-order chi connectivity index (χ0) is 19.4. The number of nitrogens with one attached hydrogen (secondary N) is 1. The molecule has 0 amide bonds. The van der Waals surface area contributed by atoms with E-state index in [1.165, 1.54) is 0 Å². The smallest absolute Gasteiger partial charge is 0.340 e. The first-order valence-corrected chi connectivity index (χ1v) is 9.87. The van der Waals surface area contributed by atoms with E-state index in [1.54, 1.807) is 0 Å². The largest absolute Gasteiger partial charge is 0.489 e. The van der Waals surface area contributed by atoms with Crippen LogP contribution >= 0.6 is 0 Å². The van der Waals surface area contributed by atoms with Crippen LogP contribution in [0, 0.1) is 0 Å². The number of esters is 1. The van der Waals surface area contributed by atoms with Crippen LogP contribution in [0.5, 0.6) is 5.75 Å². The Morgan fingerprint density at radius 3 is 2.59 bits per heavy atom. The van der Waals surface area contributed by atoms with Gasteiger partial charge in [0.05, 0.1) is 11.3 Å². The fraction of sp³-hybridized carbons (Fsp3) is 0.667. The SMILES string of the molecule is CN1CCC(Oc2ccc(C(=O)OC(C)(C)C)c(NC3CCOCC3)c2)C1. The molecule has 27 heavy (non-hydrogen) atoms. The van der Waals surface area contributed by atoms with Gasteiger partial charge in [0.2, 0.25) is 0 Å². The van der Waals surface area contributed by atoms with E-state index in [0.717, 1.165) is 57.0 Å². The van der Waals surface area contributed by atoms with Crippen LogP contribution in [-0.2, 0) is 9.47 Å². The number of ether oxygens (including phenoxy) is 3. The lowest BCUT2D eigenvalue weighted by atomic mass is 10.1. The van der Waals surface area contributed by atoms with Crippen molar-refractivity contribution < 1.29 is 19.0 Å². The van der Waals surface area contributed by atoms with Crippen LogP contribution in [0.4, 0.5) is 5.69 Å². The first-order chi connectivity index (χ1) is 12.8. The third-order valence-electron chi connectivity index (χ3n) is 4.84. The Morgan fingerprint density at radius 1 is 1.22 bits per heavy atom. The average Bonchev–Trinajstić information content (AvgIpc) is 2.99. The molecule has 0 spiro atoms. The topological polar surface area (TPSA) is 60.0 Å². The summed E-state index contributed by atoms with van der Waals surface area (Å²) in [6, 6.07) is 5.90. The summed E-state index contributed by atoms with van der Waals surface area (Å²) >= 11 is 0. The second kappa shape index (κ2) is 8.48. The number of benzene rings is 1. The Labute approximate surface area is 162 Å². The number of hydrogen-bond acceptors (Lipinski definition) is 6. The molecule has 2 fully saturated rings. The highest BCUT2D eigenvalue weighted by molar-refractivity contribution is 5.96. The van der Waals surface area contributed by atoms with Crippen molar-refractivity contribution >= 4 is 11.7 Å². The number of likely N-dealkylation sites (tertiary alicyclic amines) is 1. The molecule has 2 saturated heterocycles. The molecule has 1 aromatic carbocycles. The molecule has 0 saturated carbocycles. The first-order valence-electron chi connectivity index (χ1n) is 9.87. The number of rotatable bonds is 5. The zero-order valence-electron chi connectivity index (χ0n) is 16.9. The highest BCUT2D eigenvalue weighted by Crippen LogP contribution is 2.28. The van der Waals surface area contributed by atoms with Crippen molar-refractivity contribution in [2.45, 2.75) is 57.8 Å². The second-order valence-electron chi connectivity index (χ2n) is 8.53. The van der Waals surface area contributed by atoms with E-state index < -0.39 is 5.60 Å². The highest BCUT2D eigenvalue weighted by atomic mass is 16.6. The van der Waals surface area contributed by atoms with Crippen LogP contribution in [0.2, 0.25) is 0 Å². The summed E-state index contributed by atoms with van der Waals surface area (Å²) in [5.74, 6) is 0.473. The van der Waals surface area contributed by atoms with Crippen LogP contribution < -0.4 is 10.1 Å². The molecule has 6 heteroatoms. The minimum absolute atomic E-state index is 0.193. The molecular formula is C21H32N2O4. The van der Waals surface area contributed by atoms with Crippen molar-refractivity contribution in [3.63, 3.8) is 0 Å². The van der Waals surface area contributed by atoms with Gasteiger partial charge in [-0.1, -0.05) is 0 Å². The van der Waals surface area contributed by atoms with E-state index >= 15 is 0 Å². The third-order valence-corrected chi connectivity index (χ3v) is 4.84. The van der Waals surface area contributed by atoms with Gasteiger partial charge in [0.25, 0.3) is 0 Å². The Balaban J connectivity index is 1.79. The lowest BCUT2D eigenvalue weighted by Gasteiger charge is -2.26. The monoisotopic (exact) mass is 376 g/mol. The lowest BCUT2D eigenvalue weighted by molar-refractivity contribution is 0.00706. The molecular weight excluding hydrogens is 344 g/mol. The maximum Gasteiger partial charge on any atom is 0.340 e. The number of nitrogens with zero attached hydrogens (tertiary/aromatic N) is 1. The highest BCUT2D eigenvalue weighted by Gasteiger charge is 2.25. The fourth-order valence-electron chi connectivity index (χ4n) is 3.47. The molecule has 1 aromatic rings. The van der Waals surface area contributed by atoms with Gasteiger partial charge in [-0.15, -0.1) is 0 Å². The van der Waals surface area contributed by atoms with Gasteiger partial charge in [0.1, 0.15) is 17.5 Å². The van der Waals surface area contributed by atoms with Crippen LogP contribution in [0.15, 0.2) is 18.2 Å². The predicted octanol–water partition coefficient (Wildman–Crippen LogP) is 3.32. The summed E-state index contributed by atoms with van der Waals surface area (Å²) in [4.78, 5) is 15.0. The maximum absolute atomic E-state index is 12.7. The van der Waals surface area contributed by atoms with Gasteiger partial charge in [-0.05, 0) is 59.2 Å². The Kier molecular flexibility index (Phi) is 6.27. The zero-order valence-corrected chi connectivity index (χ0v) is 16.9. The summed E-state index contributed by atoms with van der Waals surface area (Å²) in [6.45, 7) is 9.10. The number of carbonyl (C=O) groups is 1. The Bertz CT molecular complexity index is 650. The molecule has 1 unspecified atom stereocenters. The van der Waals surface area contributed by atoms with E-state index in [1.807, 2.05) is 39.0 Å². The number of carbonyl (C=O) groups excluding carboxylic acids is 1. The normalized spacial score (nSPS) is 21.9. The minimum atomic E-state index is -0.531. The van der Waals surface area contributed by atoms with Crippen molar-refractivity contribution in [2.24, 2.45) is 0 Å². The van der Waals surface area contributed by atoms with Crippen molar-refractivity contribution in [3.05, 3.63) is 23.8 Å². The van der Waals surface area contributed by atoms with Crippen molar-refractivity contribution in [3.8, 4) is 5.75 Å². The lowest BCUT2D eigenvalue weighted by Crippen LogP contribution is -2.29. The van der Waals surface area contributed by atoms with Gasteiger partial charge >= 0.3 is 5.97 Å². The van der Waals surface area contributed by atoms with E-state index in [2.05, 4.69) is 17.3 Å². The first kappa shape index (κ1) is 20.0. The molecule has 6 nitrogen and oxygen atoms in total. The molecule has 3 rings (SSSR count). The average molecular weight is 376 g/mol. The molecule has 0 radical (unpaired) electrons. The summed E-state index contributed by atoms with van der Waals surface area (Å²) in [5.41, 5.74) is 0.795. The standard InChI is InChI=1S/C21H32N2O4/c1-21(2,3)27-20(24)18-6-5-16(26-17-7-10-23(4)14-17)13-19(18)22-15-8-11-25-12-9-15/h5-6,13,15,17,22H,7-12,14H2,1-4H3. The van der Waals surface area contributed by atoms with Crippen LogP contribution in [0.1, 0.15) is 50.4 Å². The third kappa shape index (κ3) is 5.84. The molecule has 2 heterocycles. The van der Waals surface area contributed by atoms with Gasteiger partial charge in [-0.3, -0.25) is 0 Å². The van der Waals surface area contributed by atoms with Gasteiger partial charge < -0.3 is 24.4 Å². The second-order valence-corrected chi connectivity index (χ2v) is 8.53. The fourth-order valence-corrected chi connectivity index (χ4v) is 3.47. The Hall–Kier alpha value is -1.79. The molecule has 2 aliphatic rings. The van der Waals surface area contributed by atoms with E-state index in [4.69, 9.17) is 14.2 Å². The quantitative estimate of drug-likeness (QED) is 0.796. The van der Waals surface area contributed by atoms with Gasteiger partial charge in [-0.2, -0.15) is 0 Å². The van der Waals surface area contributed by atoms with Crippen molar-refractivity contribution in [1.82, 2.24) is 4.90 Å².